The van der Waals surface area contributed by atoms with Gasteiger partial charge in [0, 0.05) is 25.8 Å². The quantitative estimate of drug-likeness (QED) is 0.913. The number of hydrogen-bond acceptors (Lipinski definition) is 3. The fourth-order valence-corrected chi connectivity index (χ4v) is 3.79. The van der Waals surface area contributed by atoms with Crippen molar-refractivity contribution in [1.29, 1.82) is 0 Å². The molecule has 2 atom stereocenters. The normalized spacial score (nSPS) is 26.4. The van der Waals surface area contributed by atoms with E-state index in [2.05, 4.69) is 34.3 Å². The van der Waals surface area contributed by atoms with Gasteiger partial charge in [0.05, 0.1) is 0 Å². The van der Waals surface area contributed by atoms with Gasteiger partial charge in [0.2, 0.25) is 0 Å². The van der Waals surface area contributed by atoms with Crippen LogP contribution in [0.1, 0.15) is 44.6 Å². The molecule has 3 nitrogen and oxygen atoms in total. The first-order chi connectivity index (χ1) is 9.86. The predicted octanol–water partition coefficient (Wildman–Crippen LogP) is 3.21. The topological polar surface area (TPSA) is 28.2 Å². The zero-order valence-corrected chi connectivity index (χ0v) is 12.6. The Kier molecular flexibility index (Phi) is 4.56. The molecule has 2 heterocycles. The van der Waals surface area contributed by atoms with E-state index in [1.165, 1.54) is 56.6 Å². The Morgan fingerprint density at radius 2 is 2.05 bits per heavy atom. The van der Waals surface area contributed by atoms with E-state index in [0.717, 1.165) is 24.9 Å². The molecule has 2 aliphatic rings. The fourth-order valence-electron chi connectivity index (χ4n) is 3.79. The van der Waals surface area contributed by atoms with E-state index in [-0.39, 0.29) is 0 Å². The Hall–Kier alpha value is -1.09. The van der Waals surface area contributed by atoms with Crippen LogP contribution in [-0.2, 0) is 6.54 Å². The maximum absolute atomic E-state index is 4.68. The molecule has 110 valence electrons. The molecule has 1 N–H and O–H groups in total. The Morgan fingerprint density at radius 3 is 2.80 bits per heavy atom. The minimum Gasteiger partial charge on any atom is -0.356 e. The number of hydrogen-bond donors (Lipinski definition) is 1. The lowest BCUT2D eigenvalue weighted by molar-refractivity contribution is 0.202. The van der Waals surface area contributed by atoms with Crippen molar-refractivity contribution in [2.75, 3.05) is 24.5 Å². The number of pyridine rings is 1. The molecule has 2 unspecified atom stereocenters. The van der Waals surface area contributed by atoms with Crippen molar-refractivity contribution in [3.8, 4) is 0 Å². The summed E-state index contributed by atoms with van der Waals surface area (Å²) in [7, 11) is 0. The van der Waals surface area contributed by atoms with Crippen LogP contribution in [0.15, 0.2) is 18.3 Å². The molecule has 2 fully saturated rings. The van der Waals surface area contributed by atoms with Crippen molar-refractivity contribution in [3.05, 3.63) is 23.9 Å². The van der Waals surface area contributed by atoms with Crippen molar-refractivity contribution in [2.24, 2.45) is 11.8 Å². The third-order valence-corrected chi connectivity index (χ3v) is 5.00. The van der Waals surface area contributed by atoms with Gasteiger partial charge in [-0.15, -0.1) is 0 Å². The highest BCUT2D eigenvalue weighted by atomic mass is 15.2. The molecule has 20 heavy (non-hydrogen) atoms. The molecule has 1 saturated heterocycles. The van der Waals surface area contributed by atoms with Crippen LogP contribution in [0.2, 0.25) is 0 Å². The second kappa shape index (κ2) is 6.57. The first-order valence-corrected chi connectivity index (χ1v) is 8.27. The number of anilines is 1. The van der Waals surface area contributed by atoms with Gasteiger partial charge in [-0.3, -0.25) is 0 Å². The third kappa shape index (κ3) is 3.14. The summed E-state index contributed by atoms with van der Waals surface area (Å²) >= 11 is 0. The molecule has 1 aromatic rings. The number of fused-ring (bicyclic) bond motifs is 1. The molecule has 1 aliphatic heterocycles. The minimum absolute atomic E-state index is 0.917. The van der Waals surface area contributed by atoms with E-state index in [9.17, 15) is 0 Å². The van der Waals surface area contributed by atoms with E-state index >= 15 is 0 Å². The van der Waals surface area contributed by atoms with Gasteiger partial charge in [0.15, 0.2) is 0 Å². The molecular formula is C17H27N3. The summed E-state index contributed by atoms with van der Waals surface area (Å²) < 4.78 is 0. The fraction of sp³-hybridized carbons (Fsp3) is 0.706. The Balaban J connectivity index is 1.61. The lowest BCUT2D eigenvalue weighted by Gasteiger charge is -2.41. The standard InChI is InChI=1S/C17H27N3/c1-2-18-11-14-7-8-17(19-12-14)20-10-9-15-5-3-4-6-16(15)13-20/h7-8,12,15-16,18H,2-6,9-11,13H2,1H3. The average Bonchev–Trinajstić information content (AvgIpc) is 2.53. The van der Waals surface area contributed by atoms with E-state index in [1.807, 2.05) is 6.20 Å². The lowest BCUT2D eigenvalue weighted by atomic mass is 9.75. The Morgan fingerprint density at radius 1 is 1.20 bits per heavy atom. The van der Waals surface area contributed by atoms with Crippen LogP contribution < -0.4 is 10.2 Å². The number of nitrogens with zero attached hydrogens (tertiary/aromatic N) is 2. The summed E-state index contributed by atoms with van der Waals surface area (Å²) in [5.41, 5.74) is 1.28. The third-order valence-electron chi connectivity index (χ3n) is 5.00. The molecule has 1 aromatic heterocycles. The molecular weight excluding hydrogens is 246 g/mol. The first kappa shape index (κ1) is 13.9. The predicted molar refractivity (Wildman–Crippen MR) is 83.9 cm³/mol. The molecule has 0 amide bonds. The van der Waals surface area contributed by atoms with Gasteiger partial charge in [0.25, 0.3) is 0 Å². The van der Waals surface area contributed by atoms with Gasteiger partial charge in [-0.25, -0.2) is 4.98 Å². The smallest absolute Gasteiger partial charge is 0.128 e. The van der Waals surface area contributed by atoms with Crippen LogP contribution in [0.4, 0.5) is 5.82 Å². The maximum atomic E-state index is 4.68. The average molecular weight is 273 g/mol. The number of nitrogens with one attached hydrogen (secondary N) is 1. The lowest BCUT2D eigenvalue weighted by Crippen LogP contribution is -2.42. The Bertz CT molecular complexity index is 415. The monoisotopic (exact) mass is 273 g/mol. The first-order valence-electron chi connectivity index (χ1n) is 8.27. The summed E-state index contributed by atoms with van der Waals surface area (Å²) in [6, 6.07) is 4.42. The minimum atomic E-state index is 0.917. The molecule has 3 heteroatoms. The molecule has 0 bridgehead atoms. The molecule has 1 saturated carbocycles. The van der Waals surface area contributed by atoms with Gasteiger partial charge >= 0.3 is 0 Å². The highest BCUT2D eigenvalue weighted by molar-refractivity contribution is 5.40. The van der Waals surface area contributed by atoms with Crippen molar-refractivity contribution in [2.45, 2.75) is 45.6 Å². The van der Waals surface area contributed by atoms with E-state index < -0.39 is 0 Å². The van der Waals surface area contributed by atoms with Crippen LogP contribution in [0.25, 0.3) is 0 Å². The van der Waals surface area contributed by atoms with Gasteiger partial charge in [-0.05, 0) is 42.9 Å². The van der Waals surface area contributed by atoms with Crippen molar-refractivity contribution in [3.63, 3.8) is 0 Å². The largest absolute Gasteiger partial charge is 0.356 e. The van der Waals surface area contributed by atoms with E-state index in [4.69, 9.17) is 0 Å². The Labute approximate surface area is 122 Å². The van der Waals surface area contributed by atoms with Crippen LogP contribution >= 0.6 is 0 Å². The summed E-state index contributed by atoms with van der Waals surface area (Å²) in [5, 5.41) is 3.35. The van der Waals surface area contributed by atoms with Crippen molar-refractivity contribution < 1.29 is 0 Å². The van der Waals surface area contributed by atoms with Crippen LogP contribution in [-0.4, -0.2) is 24.6 Å². The van der Waals surface area contributed by atoms with Gasteiger partial charge < -0.3 is 10.2 Å². The highest BCUT2D eigenvalue weighted by Crippen LogP contribution is 2.37. The highest BCUT2D eigenvalue weighted by Gasteiger charge is 2.31. The van der Waals surface area contributed by atoms with Crippen molar-refractivity contribution in [1.82, 2.24) is 10.3 Å². The zero-order chi connectivity index (χ0) is 13.8. The van der Waals surface area contributed by atoms with Crippen LogP contribution in [0, 0.1) is 11.8 Å². The zero-order valence-electron chi connectivity index (χ0n) is 12.6. The SMILES string of the molecule is CCNCc1ccc(N2CCC3CCCCC3C2)nc1. The number of piperidine rings is 1. The van der Waals surface area contributed by atoms with Crippen molar-refractivity contribution >= 4 is 5.82 Å². The van der Waals surface area contributed by atoms with Crippen LogP contribution in [0.5, 0.6) is 0 Å². The molecule has 1 aliphatic carbocycles. The molecule has 0 spiro atoms. The van der Waals surface area contributed by atoms with Gasteiger partial charge in [-0.2, -0.15) is 0 Å². The summed E-state index contributed by atoms with van der Waals surface area (Å²) in [6.45, 7) is 6.49. The molecule has 3 rings (SSSR count). The maximum Gasteiger partial charge on any atom is 0.128 e. The second-order valence-electron chi connectivity index (χ2n) is 6.34. The molecule has 0 aromatic carbocycles. The summed E-state index contributed by atoms with van der Waals surface area (Å²) in [5.74, 6) is 3.09. The summed E-state index contributed by atoms with van der Waals surface area (Å²) in [4.78, 5) is 7.18. The van der Waals surface area contributed by atoms with E-state index in [0.29, 0.717) is 0 Å². The van der Waals surface area contributed by atoms with E-state index in [1.54, 1.807) is 0 Å². The second-order valence-corrected chi connectivity index (χ2v) is 6.34. The van der Waals surface area contributed by atoms with Crippen LogP contribution in [0.3, 0.4) is 0 Å². The van der Waals surface area contributed by atoms with Gasteiger partial charge in [-0.1, -0.05) is 32.3 Å². The molecule has 0 radical (unpaired) electrons. The number of aromatic nitrogens is 1. The number of rotatable bonds is 4. The summed E-state index contributed by atoms with van der Waals surface area (Å²) in [6.07, 6.45) is 9.19. The van der Waals surface area contributed by atoms with Gasteiger partial charge in [0.1, 0.15) is 5.82 Å².